The molecule has 0 saturated carbocycles. The van der Waals surface area contributed by atoms with Gasteiger partial charge in [0.05, 0.1) is 59.9 Å². The zero-order valence-corrected chi connectivity index (χ0v) is 23.5. The van der Waals surface area contributed by atoms with Gasteiger partial charge in [-0.15, -0.1) is 0 Å². The van der Waals surface area contributed by atoms with E-state index in [0.29, 0.717) is 33.2 Å². The minimum atomic E-state index is 0.481. The fourth-order valence-electron chi connectivity index (χ4n) is 4.88. The van der Waals surface area contributed by atoms with E-state index in [0.717, 1.165) is 71.2 Å². The van der Waals surface area contributed by atoms with Crippen molar-refractivity contribution in [2.24, 2.45) is 9.98 Å². The Labute approximate surface area is 242 Å². The summed E-state index contributed by atoms with van der Waals surface area (Å²) in [5.74, 6) is 2.53. The SMILES string of the molecule is COc1nc(-c2cccc(-c3cccc(-c4ccc(C5=NCCN5)c(OC)n4)c3Cl)c2Cl)ccc1C1=NCCN1. The largest absolute Gasteiger partial charge is 0.480 e. The van der Waals surface area contributed by atoms with Crippen molar-refractivity contribution in [1.82, 2.24) is 20.6 Å². The maximum atomic E-state index is 7.02. The molecule has 2 aromatic carbocycles. The molecule has 0 saturated heterocycles. The van der Waals surface area contributed by atoms with E-state index in [1.165, 1.54) is 0 Å². The minimum absolute atomic E-state index is 0.481. The molecule has 0 atom stereocenters. The van der Waals surface area contributed by atoms with Gasteiger partial charge >= 0.3 is 0 Å². The van der Waals surface area contributed by atoms with Crippen LogP contribution in [0.5, 0.6) is 11.8 Å². The number of ether oxygens (including phenoxy) is 2. The topological polar surface area (TPSA) is 93.0 Å². The van der Waals surface area contributed by atoms with Crippen LogP contribution in [0.4, 0.5) is 0 Å². The van der Waals surface area contributed by atoms with E-state index >= 15 is 0 Å². The molecule has 0 bridgehead atoms. The van der Waals surface area contributed by atoms with E-state index in [1.807, 2.05) is 60.7 Å². The summed E-state index contributed by atoms with van der Waals surface area (Å²) in [5, 5.41) is 7.60. The van der Waals surface area contributed by atoms with Crippen molar-refractivity contribution >= 4 is 34.9 Å². The Kier molecular flexibility index (Phi) is 7.28. The molecule has 0 unspecified atom stereocenters. The first kappa shape index (κ1) is 26.1. The molecule has 202 valence electrons. The first-order valence-corrected chi connectivity index (χ1v) is 13.6. The van der Waals surface area contributed by atoms with Crippen LogP contribution in [-0.2, 0) is 0 Å². The summed E-state index contributed by atoms with van der Waals surface area (Å²) in [6, 6.07) is 19.4. The van der Waals surface area contributed by atoms with Crippen molar-refractivity contribution in [3.63, 3.8) is 0 Å². The Morgan fingerprint density at radius 3 is 1.38 bits per heavy atom. The second-order valence-electron chi connectivity index (χ2n) is 9.16. The number of nitrogens with zero attached hydrogens (tertiary/aromatic N) is 4. The van der Waals surface area contributed by atoms with Gasteiger partial charge in [0.15, 0.2) is 0 Å². The number of hydrogen-bond donors (Lipinski definition) is 2. The number of rotatable bonds is 7. The standard InChI is InChI=1S/C30H26Cl2N6O2/c1-39-29-21(27-33-13-14-34-27)9-11-23(37-29)19-7-3-5-17(25(19)31)18-6-4-8-20(26(18)32)24-12-10-22(30(38-24)40-2)28-35-15-16-36-28/h3-12H,13-16H2,1-2H3,(H,33,34)(H,35,36). The third-order valence-electron chi connectivity index (χ3n) is 6.81. The van der Waals surface area contributed by atoms with Crippen LogP contribution in [0.2, 0.25) is 10.0 Å². The summed E-state index contributed by atoms with van der Waals surface area (Å²) in [6.07, 6.45) is 0. The van der Waals surface area contributed by atoms with Crippen LogP contribution in [0.3, 0.4) is 0 Å². The quantitative estimate of drug-likeness (QED) is 0.303. The molecule has 2 aromatic heterocycles. The lowest BCUT2D eigenvalue weighted by Crippen LogP contribution is -2.20. The van der Waals surface area contributed by atoms with Gasteiger partial charge in [0, 0.05) is 35.3 Å². The van der Waals surface area contributed by atoms with Crippen molar-refractivity contribution in [2.75, 3.05) is 40.4 Å². The van der Waals surface area contributed by atoms with Crippen molar-refractivity contribution in [1.29, 1.82) is 0 Å². The monoisotopic (exact) mass is 572 g/mol. The normalized spacial score (nSPS) is 14.3. The Balaban J connectivity index is 1.39. The van der Waals surface area contributed by atoms with Gasteiger partial charge in [-0.05, 0) is 24.3 Å². The average molecular weight is 573 g/mol. The molecule has 0 radical (unpaired) electrons. The van der Waals surface area contributed by atoms with Crippen molar-refractivity contribution < 1.29 is 9.47 Å². The number of aliphatic imine (C=N–C) groups is 2. The number of aromatic nitrogens is 2. The number of nitrogens with one attached hydrogen (secondary N) is 2. The molecule has 6 rings (SSSR count). The molecule has 0 fully saturated rings. The molecule has 0 spiro atoms. The average Bonchev–Trinajstić information content (AvgIpc) is 3.72. The van der Waals surface area contributed by atoms with Crippen molar-refractivity contribution in [2.45, 2.75) is 0 Å². The van der Waals surface area contributed by atoms with Crippen molar-refractivity contribution in [3.8, 4) is 45.4 Å². The van der Waals surface area contributed by atoms with Gasteiger partial charge in [0.1, 0.15) is 11.7 Å². The lowest BCUT2D eigenvalue weighted by molar-refractivity contribution is 0.397. The predicted octanol–water partition coefficient (Wildman–Crippen LogP) is 5.50. The summed E-state index contributed by atoms with van der Waals surface area (Å²) < 4.78 is 11.2. The van der Waals surface area contributed by atoms with Crippen molar-refractivity contribution in [3.05, 3.63) is 81.8 Å². The maximum Gasteiger partial charge on any atom is 0.224 e. The molecule has 4 aromatic rings. The van der Waals surface area contributed by atoms with Crippen LogP contribution in [-0.4, -0.2) is 62.0 Å². The molecule has 2 aliphatic heterocycles. The van der Waals surface area contributed by atoms with E-state index in [4.69, 9.17) is 42.6 Å². The molecular formula is C30H26Cl2N6O2. The first-order valence-electron chi connectivity index (χ1n) is 12.8. The number of amidine groups is 2. The second kappa shape index (κ2) is 11.2. The van der Waals surface area contributed by atoms with E-state index < -0.39 is 0 Å². The summed E-state index contributed by atoms with van der Waals surface area (Å²) in [4.78, 5) is 18.5. The summed E-state index contributed by atoms with van der Waals surface area (Å²) >= 11 is 14.0. The highest BCUT2D eigenvalue weighted by Gasteiger charge is 2.21. The number of hydrogen-bond acceptors (Lipinski definition) is 8. The summed E-state index contributed by atoms with van der Waals surface area (Å²) in [5.41, 5.74) is 6.10. The maximum absolute atomic E-state index is 7.02. The minimum Gasteiger partial charge on any atom is -0.480 e. The van der Waals surface area contributed by atoms with Gasteiger partial charge in [-0.3, -0.25) is 9.98 Å². The Morgan fingerprint density at radius 1 is 0.575 bits per heavy atom. The molecule has 10 heteroatoms. The van der Waals surface area contributed by atoms with Crippen LogP contribution in [0.15, 0.2) is 70.6 Å². The lowest BCUT2D eigenvalue weighted by Gasteiger charge is -2.15. The van der Waals surface area contributed by atoms with Crippen LogP contribution >= 0.6 is 23.2 Å². The zero-order chi connectivity index (χ0) is 27.6. The van der Waals surface area contributed by atoms with E-state index in [9.17, 15) is 0 Å². The smallest absolute Gasteiger partial charge is 0.224 e. The summed E-state index contributed by atoms with van der Waals surface area (Å²) in [6.45, 7) is 3.06. The number of pyridine rings is 2. The zero-order valence-electron chi connectivity index (χ0n) is 22.0. The predicted molar refractivity (Wildman–Crippen MR) is 160 cm³/mol. The van der Waals surface area contributed by atoms with Gasteiger partial charge < -0.3 is 20.1 Å². The van der Waals surface area contributed by atoms with Crippen LogP contribution in [0, 0.1) is 0 Å². The van der Waals surface area contributed by atoms with Crippen LogP contribution in [0.1, 0.15) is 11.1 Å². The molecule has 40 heavy (non-hydrogen) atoms. The first-order chi connectivity index (χ1) is 19.6. The lowest BCUT2D eigenvalue weighted by atomic mass is 9.98. The van der Waals surface area contributed by atoms with Gasteiger partial charge in [0.25, 0.3) is 0 Å². The highest BCUT2D eigenvalue weighted by atomic mass is 35.5. The molecule has 0 aliphatic carbocycles. The fourth-order valence-corrected chi connectivity index (χ4v) is 5.53. The third kappa shape index (κ3) is 4.74. The van der Waals surface area contributed by atoms with Crippen LogP contribution in [0.25, 0.3) is 33.6 Å². The number of halogens is 2. The molecule has 2 aliphatic rings. The van der Waals surface area contributed by atoms with E-state index in [-0.39, 0.29) is 0 Å². The summed E-state index contributed by atoms with van der Waals surface area (Å²) in [7, 11) is 3.20. The third-order valence-corrected chi connectivity index (χ3v) is 7.62. The second-order valence-corrected chi connectivity index (χ2v) is 9.91. The fraction of sp³-hybridized carbons (Fsp3) is 0.200. The van der Waals surface area contributed by atoms with E-state index in [2.05, 4.69) is 20.6 Å². The Bertz CT molecular complexity index is 1550. The van der Waals surface area contributed by atoms with Crippen LogP contribution < -0.4 is 20.1 Å². The highest BCUT2D eigenvalue weighted by molar-refractivity contribution is 6.39. The number of methoxy groups -OCH3 is 2. The van der Waals surface area contributed by atoms with Gasteiger partial charge in [-0.1, -0.05) is 59.6 Å². The number of benzene rings is 2. The van der Waals surface area contributed by atoms with Gasteiger partial charge in [0.2, 0.25) is 11.8 Å². The van der Waals surface area contributed by atoms with Gasteiger partial charge in [-0.2, -0.15) is 0 Å². The molecule has 4 heterocycles. The Morgan fingerprint density at radius 2 is 1.00 bits per heavy atom. The highest BCUT2D eigenvalue weighted by Crippen LogP contribution is 2.42. The van der Waals surface area contributed by atoms with Gasteiger partial charge in [-0.25, -0.2) is 9.97 Å². The van der Waals surface area contributed by atoms with E-state index in [1.54, 1.807) is 14.2 Å². The molecule has 0 amide bonds. The molecule has 8 nitrogen and oxygen atoms in total. The molecule has 2 N–H and O–H groups in total. The Hall–Kier alpha value is -4.14. The molecular weight excluding hydrogens is 547 g/mol.